The van der Waals surface area contributed by atoms with Gasteiger partial charge in [-0.25, -0.2) is 0 Å². The lowest BCUT2D eigenvalue weighted by molar-refractivity contribution is 0.102. The third-order valence-corrected chi connectivity index (χ3v) is 6.92. The highest BCUT2D eigenvalue weighted by Gasteiger charge is 2.44. The van der Waals surface area contributed by atoms with Gasteiger partial charge in [0, 0.05) is 46.8 Å². The number of hydrogen-bond donors (Lipinski definition) is 2. The molecule has 5 rings (SSSR count). The summed E-state index contributed by atoms with van der Waals surface area (Å²) in [5, 5.41) is 11.3. The first-order valence-corrected chi connectivity index (χ1v) is 12.9. The van der Waals surface area contributed by atoms with Crippen LogP contribution in [0.2, 0.25) is 0 Å². The number of amides is 1. The molecule has 1 amide bonds. The van der Waals surface area contributed by atoms with Crippen molar-refractivity contribution in [2.24, 2.45) is 15.1 Å². The van der Waals surface area contributed by atoms with Crippen molar-refractivity contribution < 1.29 is 14.3 Å². The van der Waals surface area contributed by atoms with Crippen LogP contribution in [-0.2, 0) is 5.41 Å². The molecule has 204 valence electrons. The van der Waals surface area contributed by atoms with Crippen molar-refractivity contribution in [3.63, 3.8) is 0 Å². The number of fused-ring (bicyclic) bond motifs is 1. The van der Waals surface area contributed by atoms with E-state index >= 15 is 0 Å². The molecule has 0 spiro atoms. The van der Waals surface area contributed by atoms with Crippen LogP contribution in [0.1, 0.15) is 42.3 Å². The van der Waals surface area contributed by atoms with Crippen LogP contribution < -0.4 is 24.7 Å². The highest BCUT2D eigenvalue weighted by molar-refractivity contribution is 6.38. The normalized spacial score (nSPS) is 17.6. The van der Waals surface area contributed by atoms with Gasteiger partial charge in [0.15, 0.2) is 11.9 Å². The Morgan fingerprint density at radius 2 is 1.65 bits per heavy atom. The Bertz CT molecular complexity index is 1560. The summed E-state index contributed by atoms with van der Waals surface area (Å²) in [5.41, 5.74) is 4.89. The number of anilines is 2. The van der Waals surface area contributed by atoms with Gasteiger partial charge in [0.05, 0.1) is 20.4 Å². The predicted octanol–water partition coefficient (Wildman–Crippen LogP) is 6.22. The molecule has 9 heteroatoms. The van der Waals surface area contributed by atoms with E-state index in [0.717, 1.165) is 11.3 Å². The molecule has 0 saturated carbocycles. The summed E-state index contributed by atoms with van der Waals surface area (Å²) in [4.78, 5) is 22.2. The lowest BCUT2D eigenvalue weighted by Gasteiger charge is -2.26. The first-order valence-electron chi connectivity index (χ1n) is 12.9. The Labute approximate surface area is 234 Å². The number of nitrogens with zero attached hydrogens (tertiary/aromatic N) is 4. The molecule has 3 aromatic carbocycles. The quantitative estimate of drug-likeness (QED) is 0.365. The molecule has 9 nitrogen and oxygen atoms in total. The largest absolute Gasteiger partial charge is 0.497 e. The van der Waals surface area contributed by atoms with Crippen LogP contribution in [0.25, 0.3) is 0 Å². The zero-order chi connectivity index (χ0) is 28.5. The van der Waals surface area contributed by atoms with E-state index in [1.54, 1.807) is 32.7 Å². The molecule has 0 fully saturated rings. The van der Waals surface area contributed by atoms with Crippen LogP contribution in [0.15, 0.2) is 88.1 Å². The van der Waals surface area contributed by atoms with E-state index in [-0.39, 0.29) is 15.9 Å². The highest BCUT2D eigenvalue weighted by Crippen LogP contribution is 2.37. The van der Waals surface area contributed by atoms with Gasteiger partial charge < -0.3 is 20.1 Å². The zero-order valence-corrected chi connectivity index (χ0v) is 23.5. The second kappa shape index (κ2) is 10.4. The van der Waals surface area contributed by atoms with Crippen molar-refractivity contribution >= 4 is 41.0 Å². The van der Waals surface area contributed by atoms with Gasteiger partial charge in [0.1, 0.15) is 17.7 Å². The van der Waals surface area contributed by atoms with Crippen LogP contribution in [0.5, 0.6) is 11.5 Å². The number of ether oxygens (including phenoxy) is 2. The van der Waals surface area contributed by atoms with E-state index in [0.29, 0.717) is 40.2 Å². The minimum absolute atomic E-state index is 0.0153. The first-order chi connectivity index (χ1) is 19.1. The second-order valence-electron chi connectivity index (χ2n) is 10.6. The molecule has 2 aliphatic rings. The minimum atomic E-state index is -0.176. The molecular formula is C31H33N6O3+. The molecule has 1 atom stereocenters. The van der Waals surface area contributed by atoms with Crippen LogP contribution in [0, 0.1) is 6.92 Å². The molecule has 3 aromatic rings. The van der Waals surface area contributed by atoms with Gasteiger partial charge >= 0.3 is 0 Å². The summed E-state index contributed by atoms with van der Waals surface area (Å²) >= 11 is 0. The number of carbonyl (C=O) groups is 1. The third-order valence-electron chi connectivity index (χ3n) is 6.92. The topological polar surface area (TPSA) is 96.7 Å². The Morgan fingerprint density at radius 3 is 2.30 bits per heavy atom. The smallest absolute Gasteiger partial charge is 0.287 e. The summed E-state index contributed by atoms with van der Waals surface area (Å²) in [6.45, 7) is 8.41. The highest BCUT2D eigenvalue weighted by atomic mass is 16.5. The van der Waals surface area contributed by atoms with E-state index in [4.69, 9.17) is 19.6 Å². The lowest BCUT2D eigenvalue weighted by atomic mass is 9.86. The van der Waals surface area contributed by atoms with Crippen molar-refractivity contribution in [3.8, 4) is 11.5 Å². The number of methoxy groups -OCH3 is 2. The standard InChI is InChI=1S/C31H32N6O3/c1-20-26(34-29(38)21-10-12-22(13-11-21)31(2,3)4)8-7-9-27(20)37-15-14-32-19-28(37)35-30(36-37)33-23-16-24(39-5)18-25(17-23)40-6/h7-19H,1-6H3,(H-,33,34,36,38)/p+1. The van der Waals surface area contributed by atoms with Crippen molar-refractivity contribution in [2.45, 2.75) is 33.1 Å². The van der Waals surface area contributed by atoms with Crippen LogP contribution >= 0.6 is 0 Å². The number of carbonyl (C=O) groups excluding carboxylic acids is 1. The maximum Gasteiger partial charge on any atom is 0.287 e. The fourth-order valence-corrected chi connectivity index (χ4v) is 4.64. The van der Waals surface area contributed by atoms with Gasteiger partial charge in [-0.1, -0.05) is 43.6 Å². The minimum Gasteiger partial charge on any atom is -0.497 e. The maximum absolute atomic E-state index is 13.2. The molecule has 0 radical (unpaired) electrons. The average Bonchev–Trinajstić information content (AvgIpc) is 3.32. The fraction of sp³-hybridized carbons (Fsp3) is 0.226. The summed E-state index contributed by atoms with van der Waals surface area (Å²) in [6, 6.07) is 19.0. The molecule has 40 heavy (non-hydrogen) atoms. The Morgan fingerprint density at radius 1 is 0.950 bits per heavy atom. The molecular weight excluding hydrogens is 504 g/mol. The van der Waals surface area contributed by atoms with Gasteiger partial charge in [0.25, 0.3) is 17.7 Å². The van der Waals surface area contributed by atoms with Crippen molar-refractivity contribution in [2.75, 3.05) is 24.9 Å². The number of hydrogen-bond acceptors (Lipinski definition) is 7. The molecule has 0 aliphatic carbocycles. The van der Waals surface area contributed by atoms with E-state index in [1.165, 1.54) is 5.56 Å². The van der Waals surface area contributed by atoms with E-state index in [1.807, 2.05) is 67.7 Å². The number of benzene rings is 3. The summed E-state index contributed by atoms with van der Waals surface area (Å²) in [7, 11) is 3.20. The Hall–Kier alpha value is -4.76. The Balaban J connectivity index is 1.45. The van der Waals surface area contributed by atoms with Crippen molar-refractivity contribution in [3.05, 3.63) is 89.8 Å². The SMILES string of the molecule is COc1cc(NC2=N[N+]3(c4cccc(NC(=O)c5ccc(C(C)(C)C)cc5)c4C)C=CN=CC3=N2)cc(OC)c1. The molecule has 2 aliphatic heterocycles. The number of amidine groups is 1. The first kappa shape index (κ1) is 26.8. The van der Waals surface area contributed by atoms with Gasteiger partial charge in [-0.15, -0.1) is 0 Å². The summed E-state index contributed by atoms with van der Waals surface area (Å²) in [6.07, 6.45) is 5.24. The number of guanidine groups is 1. The van der Waals surface area contributed by atoms with Gasteiger partial charge in [0.2, 0.25) is 0 Å². The maximum atomic E-state index is 13.2. The van der Waals surface area contributed by atoms with Crippen LogP contribution in [-0.4, -0.2) is 38.1 Å². The summed E-state index contributed by atoms with van der Waals surface area (Å²) < 4.78 is 10.8. The fourth-order valence-electron chi connectivity index (χ4n) is 4.64. The molecule has 0 aromatic heterocycles. The van der Waals surface area contributed by atoms with Gasteiger partial charge in [-0.05, 0) is 41.2 Å². The molecule has 0 bridgehead atoms. The van der Waals surface area contributed by atoms with Crippen molar-refractivity contribution in [1.29, 1.82) is 0 Å². The van der Waals surface area contributed by atoms with E-state index < -0.39 is 0 Å². The zero-order valence-electron chi connectivity index (χ0n) is 23.5. The lowest BCUT2D eigenvalue weighted by Crippen LogP contribution is -2.44. The molecule has 2 heterocycles. The van der Waals surface area contributed by atoms with E-state index in [2.05, 4.69) is 36.4 Å². The third kappa shape index (κ3) is 5.11. The number of quaternary nitrogens is 1. The van der Waals surface area contributed by atoms with Crippen molar-refractivity contribution in [1.82, 2.24) is 4.59 Å². The van der Waals surface area contributed by atoms with Crippen LogP contribution in [0.4, 0.5) is 17.1 Å². The number of aliphatic imine (C=N–C) groups is 2. The van der Waals surface area contributed by atoms with E-state index in [9.17, 15) is 4.79 Å². The number of rotatable bonds is 6. The molecule has 0 saturated heterocycles. The second-order valence-corrected chi connectivity index (χ2v) is 10.6. The van der Waals surface area contributed by atoms with Crippen LogP contribution in [0.3, 0.4) is 0 Å². The summed E-state index contributed by atoms with van der Waals surface area (Å²) in [5.74, 6) is 2.12. The predicted molar refractivity (Wildman–Crippen MR) is 162 cm³/mol. The van der Waals surface area contributed by atoms with Gasteiger partial charge in [-0.2, -0.15) is 4.99 Å². The number of nitrogens with one attached hydrogen (secondary N) is 2. The monoisotopic (exact) mass is 537 g/mol. The average molecular weight is 538 g/mol. The molecule has 2 N–H and O–H groups in total. The Kier molecular flexibility index (Phi) is 6.99. The van der Waals surface area contributed by atoms with Gasteiger partial charge in [-0.3, -0.25) is 9.79 Å². The molecule has 1 unspecified atom stereocenters.